The van der Waals surface area contributed by atoms with Gasteiger partial charge in [0, 0.05) is 38.8 Å². The van der Waals surface area contributed by atoms with Crippen molar-refractivity contribution in [2.75, 3.05) is 31.8 Å². The zero-order chi connectivity index (χ0) is 14.7. The first-order valence-corrected chi connectivity index (χ1v) is 7.08. The van der Waals surface area contributed by atoms with E-state index in [9.17, 15) is 4.79 Å². The number of rotatable bonds is 4. The average Bonchev–Trinajstić information content (AvgIpc) is 2.85. The van der Waals surface area contributed by atoms with Crippen LogP contribution in [0.5, 0.6) is 0 Å². The highest BCUT2D eigenvalue weighted by atomic mass is 32.1. The van der Waals surface area contributed by atoms with Crippen molar-refractivity contribution in [2.24, 2.45) is 0 Å². The summed E-state index contributed by atoms with van der Waals surface area (Å²) >= 11 is 1.28. The van der Waals surface area contributed by atoms with Crippen LogP contribution in [-0.2, 0) is 6.54 Å². The van der Waals surface area contributed by atoms with Crippen LogP contribution in [0.3, 0.4) is 0 Å². The predicted molar refractivity (Wildman–Crippen MR) is 83.1 cm³/mol. The molecule has 1 aromatic carbocycles. The van der Waals surface area contributed by atoms with Crippen LogP contribution < -0.4 is 10.6 Å². The van der Waals surface area contributed by atoms with Crippen molar-refractivity contribution in [1.82, 2.24) is 9.88 Å². The molecule has 0 radical (unpaired) electrons. The first kappa shape index (κ1) is 14.3. The third kappa shape index (κ3) is 3.27. The smallest absolute Gasteiger partial charge is 0.273 e. The Morgan fingerprint density at radius 1 is 1.25 bits per heavy atom. The Morgan fingerprint density at radius 3 is 2.40 bits per heavy atom. The van der Waals surface area contributed by atoms with Crippen molar-refractivity contribution in [3.63, 3.8) is 0 Å². The Balaban J connectivity index is 2.03. The van der Waals surface area contributed by atoms with E-state index in [-0.39, 0.29) is 5.91 Å². The van der Waals surface area contributed by atoms with E-state index < -0.39 is 0 Å². The van der Waals surface area contributed by atoms with Gasteiger partial charge in [0.1, 0.15) is 5.69 Å². The molecule has 0 saturated carbocycles. The van der Waals surface area contributed by atoms with Crippen molar-refractivity contribution >= 4 is 28.1 Å². The Morgan fingerprint density at radius 2 is 1.90 bits per heavy atom. The summed E-state index contributed by atoms with van der Waals surface area (Å²) in [5, 5.41) is 2.10. The molecule has 0 aliphatic carbocycles. The first-order chi connectivity index (χ1) is 9.47. The molecular weight excluding hydrogens is 272 g/mol. The molecule has 1 aromatic heterocycles. The molecule has 0 bridgehead atoms. The number of nitrogens with zero attached hydrogens (tertiary/aromatic N) is 3. The monoisotopic (exact) mass is 290 g/mol. The lowest BCUT2D eigenvalue weighted by Gasteiger charge is -2.17. The van der Waals surface area contributed by atoms with Gasteiger partial charge in [0.15, 0.2) is 5.13 Å². The molecule has 6 heteroatoms. The Bertz CT molecular complexity index is 591. The zero-order valence-electron chi connectivity index (χ0n) is 11.8. The Labute approximate surface area is 122 Å². The van der Waals surface area contributed by atoms with E-state index >= 15 is 0 Å². The van der Waals surface area contributed by atoms with Crippen LogP contribution in [0.4, 0.5) is 10.8 Å². The molecule has 0 unspecified atom stereocenters. The second-order valence-corrected chi connectivity index (χ2v) is 5.68. The molecule has 20 heavy (non-hydrogen) atoms. The molecule has 0 aliphatic heterocycles. The standard InChI is InChI=1S/C14H18N4OS/c1-17(2)11-6-4-10(5-7-11)8-18(3)13(19)12-9-20-14(15)16-12/h4-7,9H,8H2,1-3H3,(H2,15,16). The largest absolute Gasteiger partial charge is 0.378 e. The van der Waals surface area contributed by atoms with Gasteiger partial charge in [-0.15, -0.1) is 11.3 Å². The van der Waals surface area contributed by atoms with Gasteiger partial charge in [0.2, 0.25) is 0 Å². The lowest BCUT2D eigenvalue weighted by molar-refractivity contribution is 0.0780. The quantitative estimate of drug-likeness (QED) is 0.936. The number of carbonyl (C=O) groups excluding carboxylic acids is 1. The molecule has 0 saturated heterocycles. The lowest BCUT2D eigenvalue weighted by atomic mass is 10.2. The Kier molecular flexibility index (Phi) is 4.24. The van der Waals surface area contributed by atoms with Crippen LogP contribution in [0.2, 0.25) is 0 Å². The van der Waals surface area contributed by atoms with Gasteiger partial charge in [-0.1, -0.05) is 12.1 Å². The van der Waals surface area contributed by atoms with Crippen molar-refractivity contribution in [2.45, 2.75) is 6.54 Å². The average molecular weight is 290 g/mol. The summed E-state index contributed by atoms with van der Waals surface area (Å²) in [6.07, 6.45) is 0. The number of nitrogens with two attached hydrogens (primary N) is 1. The molecule has 2 rings (SSSR count). The van der Waals surface area contributed by atoms with Gasteiger partial charge in [-0.2, -0.15) is 0 Å². The summed E-state index contributed by atoms with van der Waals surface area (Å²) in [6.45, 7) is 0.546. The van der Waals surface area contributed by atoms with Gasteiger partial charge < -0.3 is 15.5 Å². The highest BCUT2D eigenvalue weighted by Gasteiger charge is 2.15. The molecule has 1 amide bonds. The summed E-state index contributed by atoms with van der Waals surface area (Å²) in [5.74, 6) is -0.116. The van der Waals surface area contributed by atoms with E-state index in [1.807, 2.05) is 43.3 Å². The van der Waals surface area contributed by atoms with Crippen molar-refractivity contribution < 1.29 is 4.79 Å². The fraction of sp³-hybridized carbons (Fsp3) is 0.286. The second kappa shape index (κ2) is 5.92. The van der Waals surface area contributed by atoms with E-state index in [4.69, 9.17) is 5.73 Å². The van der Waals surface area contributed by atoms with Crippen LogP contribution in [0, 0.1) is 0 Å². The predicted octanol–water partition coefficient (Wildman–Crippen LogP) is 2.06. The number of benzene rings is 1. The van der Waals surface area contributed by atoms with E-state index in [1.165, 1.54) is 11.3 Å². The molecule has 0 spiro atoms. The normalized spacial score (nSPS) is 10.3. The van der Waals surface area contributed by atoms with Gasteiger partial charge in [0.05, 0.1) is 0 Å². The maximum Gasteiger partial charge on any atom is 0.273 e. The van der Waals surface area contributed by atoms with E-state index in [0.29, 0.717) is 17.4 Å². The minimum Gasteiger partial charge on any atom is -0.378 e. The number of hydrogen-bond acceptors (Lipinski definition) is 5. The fourth-order valence-electron chi connectivity index (χ4n) is 1.83. The van der Waals surface area contributed by atoms with Gasteiger partial charge in [-0.05, 0) is 17.7 Å². The van der Waals surface area contributed by atoms with Crippen LogP contribution in [0.15, 0.2) is 29.6 Å². The number of aromatic nitrogens is 1. The minimum atomic E-state index is -0.116. The molecule has 0 fully saturated rings. The molecular formula is C14H18N4OS. The van der Waals surface area contributed by atoms with Crippen LogP contribution in [-0.4, -0.2) is 36.9 Å². The molecule has 0 atom stereocenters. The van der Waals surface area contributed by atoms with Crippen molar-refractivity contribution in [1.29, 1.82) is 0 Å². The number of nitrogen functional groups attached to an aromatic ring is 1. The van der Waals surface area contributed by atoms with Crippen molar-refractivity contribution in [3.05, 3.63) is 40.9 Å². The molecule has 1 heterocycles. The maximum atomic E-state index is 12.1. The molecule has 2 aromatic rings. The van der Waals surface area contributed by atoms with Gasteiger partial charge in [0.25, 0.3) is 5.91 Å². The third-order valence-electron chi connectivity index (χ3n) is 2.96. The van der Waals surface area contributed by atoms with Crippen LogP contribution >= 0.6 is 11.3 Å². The highest BCUT2D eigenvalue weighted by Crippen LogP contribution is 2.16. The second-order valence-electron chi connectivity index (χ2n) is 4.79. The Hall–Kier alpha value is -2.08. The molecule has 5 nitrogen and oxygen atoms in total. The van der Waals surface area contributed by atoms with Gasteiger partial charge in [-0.3, -0.25) is 4.79 Å². The number of hydrogen-bond donors (Lipinski definition) is 1. The van der Waals surface area contributed by atoms with E-state index in [1.54, 1.807) is 17.3 Å². The summed E-state index contributed by atoms with van der Waals surface area (Å²) in [5.41, 5.74) is 8.16. The van der Waals surface area contributed by atoms with E-state index in [2.05, 4.69) is 4.98 Å². The number of amides is 1. The SMILES string of the molecule is CN(Cc1ccc(N(C)C)cc1)C(=O)c1csc(N)n1. The minimum absolute atomic E-state index is 0.116. The first-order valence-electron chi connectivity index (χ1n) is 6.20. The summed E-state index contributed by atoms with van der Waals surface area (Å²) in [6, 6.07) is 8.12. The zero-order valence-corrected chi connectivity index (χ0v) is 12.6. The van der Waals surface area contributed by atoms with Crippen LogP contribution in [0.1, 0.15) is 16.1 Å². The molecule has 106 valence electrons. The van der Waals surface area contributed by atoms with Crippen molar-refractivity contribution in [3.8, 4) is 0 Å². The van der Waals surface area contributed by atoms with Gasteiger partial charge >= 0.3 is 0 Å². The number of carbonyl (C=O) groups is 1. The summed E-state index contributed by atoms with van der Waals surface area (Å²) in [7, 11) is 5.76. The lowest BCUT2D eigenvalue weighted by Crippen LogP contribution is -2.26. The topological polar surface area (TPSA) is 62.5 Å². The van der Waals surface area contributed by atoms with E-state index in [0.717, 1.165) is 11.3 Å². The summed E-state index contributed by atoms with van der Waals surface area (Å²) in [4.78, 5) is 19.8. The molecule has 0 aliphatic rings. The van der Waals surface area contributed by atoms with Gasteiger partial charge in [-0.25, -0.2) is 4.98 Å². The maximum absolute atomic E-state index is 12.1. The highest BCUT2D eigenvalue weighted by molar-refractivity contribution is 7.13. The summed E-state index contributed by atoms with van der Waals surface area (Å²) < 4.78 is 0. The number of anilines is 2. The fourth-order valence-corrected chi connectivity index (χ4v) is 2.36. The van der Waals surface area contributed by atoms with Crippen LogP contribution in [0.25, 0.3) is 0 Å². The third-order valence-corrected chi connectivity index (χ3v) is 3.63. The molecule has 2 N–H and O–H groups in total. The number of thiazole rings is 1.